The van der Waals surface area contributed by atoms with Crippen molar-refractivity contribution in [3.05, 3.63) is 64.0 Å². The van der Waals surface area contributed by atoms with Crippen molar-refractivity contribution in [3.8, 4) is 0 Å². The van der Waals surface area contributed by atoms with Crippen LogP contribution in [0.3, 0.4) is 0 Å². The highest BCUT2D eigenvalue weighted by molar-refractivity contribution is 7.89. The highest BCUT2D eigenvalue weighted by atomic mass is 32.2. The zero-order valence-corrected chi connectivity index (χ0v) is 19.8. The largest absolute Gasteiger partial charge is 0.352 e. The molecule has 164 valence electrons. The fraction of sp³-hybridized carbons (Fsp3) is 0.375. The lowest BCUT2D eigenvalue weighted by atomic mass is 9.97. The SMILES string of the molecule is Cc1cc(C)c(S(=O)(=O)N2CCC(C(=O)NCc3csc4ccccc34)CC2)c(C)c1. The molecular formula is C24H28N2O3S2. The van der Waals surface area contributed by atoms with Crippen LogP contribution in [0.4, 0.5) is 0 Å². The minimum atomic E-state index is -3.56. The Labute approximate surface area is 188 Å². The van der Waals surface area contributed by atoms with Crippen LogP contribution >= 0.6 is 11.3 Å². The summed E-state index contributed by atoms with van der Waals surface area (Å²) >= 11 is 1.68. The molecule has 31 heavy (non-hydrogen) atoms. The lowest BCUT2D eigenvalue weighted by Crippen LogP contribution is -2.43. The Morgan fingerprint density at radius 3 is 2.42 bits per heavy atom. The number of piperidine rings is 1. The van der Waals surface area contributed by atoms with Gasteiger partial charge in [-0.1, -0.05) is 35.9 Å². The van der Waals surface area contributed by atoms with Crippen molar-refractivity contribution in [2.45, 2.75) is 45.1 Å². The maximum Gasteiger partial charge on any atom is 0.243 e. The highest BCUT2D eigenvalue weighted by Crippen LogP contribution is 2.29. The molecule has 0 saturated carbocycles. The molecule has 1 aliphatic heterocycles. The van der Waals surface area contributed by atoms with Gasteiger partial charge in [-0.2, -0.15) is 4.31 Å². The van der Waals surface area contributed by atoms with Crippen molar-refractivity contribution in [1.82, 2.24) is 9.62 Å². The first-order valence-electron chi connectivity index (χ1n) is 10.6. The van der Waals surface area contributed by atoms with Crippen LogP contribution in [-0.4, -0.2) is 31.7 Å². The predicted octanol–water partition coefficient (Wildman–Crippen LogP) is 4.54. The molecule has 1 aliphatic rings. The number of nitrogens with one attached hydrogen (secondary N) is 1. The Kier molecular flexibility index (Phi) is 6.19. The van der Waals surface area contributed by atoms with Crippen LogP contribution < -0.4 is 5.32 Å². The van der Waals surface area contributed by atoms with E-state index in [9.17, 15) is 13.2 Å². The molecule has 0 atom stereocenters. The van der Waals surface area contributed by atoms with E-state index in [4.69, 9.17) is 0 Å². The van der Waals surface area contributed by atoms with Gasteiger partial charge >= 0.3 is 0 Å². The smallest absolute Gasteiger partial charge is 0.243 e. The van der Waals surface area contributed by atoms with Crippen LogP contribution in [-0.2, 0) is 21.4 Å². The molecule has 1 N–H and O–H groups in total. The Balaban J connectivity index is 1.38. The summed E-state index contributed by atoms with van der Waals surface area (Å²) in [5.41, 5.74) is 3.74. The molecule has 0 unspecified atom stereocenters. The fourth-order valence-electron chi connectivity index (χ4n) is 4.56. The number of nitrogens with zero attached hydrogens (tertiary/aromatic N) is 1. The van der Waals surface area contributed by atoms with E-state index in [0.717, 1.165) is 22.3 Å². The van der Waals surface area contributed by atoms with Crippen molar-refractivity contribution in [2.24, 2.45) is 5.92 Å². The average molecular weight is 457 g/mol. The number of aryl methyl sites for hydroxylation is 3. The summed E-state index contributed by atoms with van der Waals surface area (Å²) in [6.07, 6.45) is 1.08. The van der Waals surface area contributed by atoms with E-state index < -0.39 is 10.0 Å². The Bertz CT molecular complexity index is 1200. The molecule has 2 heterocycles. The van der Waals surface area contributed by atoms with Gasteiger partial charge in [-0.05, 0) is 67.1 Å². The second-order valence-electron chi connectivity index (χ2n) is 8.38. The molecule has 7 heteroatoms. The summed E-state index contributed by atoms with van der Waals surface area (Å²) < 4.78 is 29.2. The Hall–Kier alpha value is -2.22. The lowest BCUT2D eigenvalue weighted by molar-refractivity contribution is -0.126. The number of rotatable bonds is 5. The fourth-order valence-corrected chi connectivity index (χ4v) is 7.40. The number of thiophene rings is 1. The van der Waals surface area contributed by atoms with E-state index in [1.54, 1.807) is 11.3 Å². The molecule has 1 aromatic heterocycles. The van der Waals surface area contributed by atoms with Gasteiger partial charge in [-0.15, -0.1) is 11.3 Å². The molecule has 0 spiro atoms. The molecule has 5 nitrogen and oxygen atoms in total. The van der Waals surface area contributed by atoms with E-state index in [2.05, 4.69) is 22.8 Å². The Morgan fingerprint density at radius 2 is 1.74 bits per heavy atom. The summed E-state index contributed by atoms with van der Waals surface area (Å²) in [4.78, 5) is 13.1. The van der Waals surface area contributed by atoms with Gasteiger partial charge in [0.15, 0.2) is 0 Å². The van der Waals surface area contributed by atoms with E-state index in [1.807, 2.05) is 45.0 Å². The van der Waals surface area contributed by atoms with Gasteiger partial charge in [-0.25, -0.2) is 8.42 Å². The van der Waals surface area contributed by atoms with Gasteiger partial charge in [0.2, 0.25) is 15.9 Å². The van der Waals surface area contributed by atoms with Crippen molar-refractivity contribution in [3.63, 3.8) is 0 Å². The molecule has 1 fully saturated rings. The first-order valence-corrected chi connectivity index (χ1v) is 12.9. The maximum absolute atomic E-state index is 13.2. The number of hydrogen-bond acceptors (Lipinski definition) is 4. The van der Waals surface area contributed by atoms with Crippen molar-refractivity contribution in [1.29, 1.82) is 0 Å². The topological polar surface area (TPSA) is 66.5 Å². The lowest BCUT2D eigenvalue weighted by Gasteiger charge is -2.31. The van der Waals surface area contributed by atoms with Crippen molar-refractivity contribution in [2.75, 3.05) is 13.1 Å². The first-order chi connectivity index (χ1) is 14.8. The van der Waals surface area contributed by atoms with Crippen LogP contribution in [0.15, 0.2) is 46.7 Å². The third kappa shape index (κ3) is 4.40. The van der Waals surface area contributed by atoms with Crippen molar-refractivity contribution >= 4 is 37.4 Å². The highest BCUT2D eigenvalue weighted by Gasteiger charge is 2.33. The zero-order chi connectivity index (χ0) is 22.2. The number of sulfonamides is 1. The summed E-state index contributed by atoms with van der Waals surface area (Å²) in [5, 5.41) is 6.32. The molecule has 0 radical (unpaired) electrons. The van der Waals surface area contributed by atoms with E-state index in [1.165, 1.54) is 14.4 Å². The monoisotopic (exact) mass is 456 g/mol. The van der Waals surface area contributed by atoms with Crippen LogP contribution in [0.2, 0.25) is 0 Å². The number of fused-ring (bicyclic) bond motifs is 1. The summed E-state index contributed by atoms with van der Waals surface area (Å²) in [7, 11) is -3.56. The third-order valence-electron chi connectivity index (χ3n) is 6.04. The van der Waals surface area contributed by atoms with Crippen LogP contribution in [0.1, 0.15) is 35.1 Å². The average Bonchev–Trinajstić information content (AvgIpc) is 3.14. The van der Waals surface area contributed by atoms with Gasteiger partial charge < -0.3 is 5.32 Å². The van der Waals surface area contributed by atoms with Crippen LogP contribution in [0, 0.1) is 26.7 Å². The normalized spacial score (nSPS) is 16.0. The van der Waals surface area contributed by atoms with Gasteiger partial charge in [0.05, 0.1) is 4.90 Å². The molecule has 4 rings (SSSR count). The second kappa shape index (κ2) is 8.73. The zero-order valence-electron chi connectivity index (χ0n) is 18.1. The van der Waals surface area contributed by atoms with Crippen molar-refractivity contribution < 1.29 is 13.2 Å². The molecule has 2 aromatic carbocycles. The van der Waals surface area contributed by atoms with Gasteiger partial charge in [-0.3, -0.25) is 4.79 Å². The number of hydrogen-bond donors (Lipinski definition) is 1. The van der Waals surface area contributed by atoms with Crippen LogP contribution in [0.5, 0.6) is 0 Å². The number of amides is 1. The van der Waals surface area contributed by atoms with E-state index in [-0.39, 0.29) is 11.8 Å². The summed E-state index contributed by atoms with van der Waals surface area (Å²) in [6, 6.07) is 12.0. The quantitative estimate of drug-likeness (QED) is 0.613. The van der Waals surface area contributed by atoms with E-state index >= 15 is 0 Å². The number of carbonyl (C=O) groups is 1. The molecule has 1 amide bonds. The molecule has 0 aliphatic carbocycles. The number of carbonyl (C=O) groups excluding carboxylic acids is 1. The standard InChI is InChI=1S/C24H28N2O3S2/c1-16-12-17(2)23(18(3)13-16)31(28,29)26-10-8-19(9-11-26)24(27)25-14-20-15-30-22-7-5-4-6-21(20)22/h4-7,12-13,15,19H,8-11,14H2,1-3H3,(H,25,27). The Morgan fingerprint density at radius 1 is 1.10 bits per heavy atom. The van der Waals surface area contributed by atoms with Gasteiger partial charge in [0, 0.05) is 30.3 Å². The summed E-state index contributed by atoms with van der Waals surface area (Å²) in [5.74, 6) is -0.147. The van der Waals surface area contributed by atoms with Gasteiger partial charge in [0.25, 0.3) is 0 Å². The molecule has 3 aromatic rings. The third-order valence-corrected chi connectivity index (χ3v) is 9.26. The molecule has 0 bridgehead atoms. The number of benzene rings is 2. The minimum Gasteiger partial charge on any atom is -0.352 e. The van der Waals surface area contributed by atoms with Crippen LogP contribution in [0.25, 0.3) is 10.1 Å². The predicted molar refractivity (Wildman–Crippen MR) is 126 cm³/mol. The first kappa shape index (κ1) is 22.0. The molecular weight excluding hydrogens is 428 g/mol. The minimum absolute atomic E-state index is 0.00928. The maximum atomic E-state index is 13.2. The van der Waals surface area contributed by atoms with E-state index in [0.29, 0.717) is 37.4 Å². The molecule has 1 saturated heterocycles. The summed E-state index contributed by atoms with van der Waals surface area (Å²) in [6.45, 7) is 6.91. The van der Waals surface area contributed by atoms with Gasteiger partial charge in [0.1, 0.15) is 0 Å². The second-order valence-corrected chi connectivity index (χ2v) is 11.2.